The Morgan fingerprint density at radius 3 is 1.94 bits per heavy atom. The van der Waals surface area contributed by atoms with Crippen LogP contribution in [0.15, 0.2) is 12.1 Å². The summed E-state index contributed by atoms with van der Waals surface area (Å²) >= 11 is 0. The van der Waals surface area contributed by atoms with Crippen molar-refractivity contribution in [3.05, 3.63) is 23.3 Å². The first-order chi connectivity index (χ1) is 7.66. The maximum atomic E-state index is 5.48. The lowest BCUT2D eigenvalue weighted by atomic mass is 10.00. The van der Waals surface area contributed by atoms with Gasteiger partial charge in [-0.15, -0.1) is 0 Å². The molecule has 1 fully saturated rings. The van der Waals surface area contributed by atoms with Gasteiger partial charge in [0.25, 0.3) is 0 Å². The Labute approximate surface area is 96.8 Å². The van der Waals surface area contributed by atoms with Gasteiger partial charge in [-0.05, 0) is 44.5 Å². The number of nitrogens with one attached hydrogen (secondary N) is 1. The van der Waals surface area contributed by atoms with Gasteiger partial charge in [-0.3, -0.25) is 0 Å². The summed E-state index contributed by atoms with van der Waals surface area (Å²) in [6.07, 6.45) is 2.28. The molecule has 2 rings (SSSR count). The van der Waals surface area contributed by atoms with Crippen LogP contribution in [0.25, 0.3) is 0 Å². The van der Waals surface area contributed by atoms with Crippen molar-refractivity contribution in [2.45, 2.75) is 25.3 Å². The predicted molar refractivity (Wildman–Crippen MR) is 64.3 cm³/mol. The van der Waals surface area contributed by atoms with Crippen LogP contribution in [0.2, 0.25) is 0 Å². The lowest BCUT2D eigenvalue weighted by Gasteiger charge is -2.21. The second-order valence-corrected chi connectivity index (χ2v) is 4.38. The maximum absolute atomic E-state index is 5.48. The third-order valence-electron chi connectivity index (χ3n) is 3.36. The van der Waals surface area contributed by atoms with Gasteiger partial charge in [-0.1, -0.05) is 0 Å². The molecule has 0 bridgehead atoms. The molecular weight excluding hydrogens is 202 g/mol. The van der Waals surface area contributed by atoms with Crippen LogP contribution in [-0.2, 0) is 5.54 Å². The molecule has 1 aliphatic rings. The van der Waals surface area contributed by atoms with Gasteiger partial charge in [0.15, 0.2) is 0 Å². The number of ether oxygens (including phenoxy) is 2. The van der Waals surface area contributed by atoms with Gasteiger partial charge < -0.3 is 14.8 Å². The first-order valence-electron chi connectivity index (χ1n) is 5.59. The molecule has 3 heteroatoms. The zero-order valence-electron chi connectivity index (χ0n) is 10.4. The van der Waals surface area contributed by atoms with Gasteiger partial charge in [0, 0.05) is 0 Å². The molecule has 1 saturated carbocycles. The normalized spacial score (nSPS) is 17.0. The van der Waals surface area contributed by atoms with E-state index in [9.17, 15) is 0 Å². The third kappa shape index (κ3) is 1.65. The molecule has 0 radical (unpaired) electrons. The third-order valence-corrected chi connectivity index (χ3v) is 3.36. The summed E-state index contributed by atoms with van der Waals surface area (Å²) in [4.78, 5) is 0. The van der Waals surface area contributed by atoms with E-state index in [4.69, 9.17) is 9.47 Å². The Hall–Kier alpha value is -1.22. The van der Waals surface area contributed by atoms with Crippen molar-refractivity contribution in [3.63, 3.8) is 0 Å². The van der Waals surface area contributed by atoms with Gasteiger partial charge in [-0.25, -0.2) is 0 Å². The molecule has 0 atom stereocenters. The van der Waals surface area contributed by atoms with Crippen molar-refractivity contribution >= 4 is 0 Å². The van der Waals surface area contributed by atoms with E-state index in [1.54, 1.807) is 14.2 Å². The second kappa shape index (κ2) is 3.98. The summed E-state index contributed by atoms with van der Waals surface area (Å²) < 4.78 is 11.0. The monoisotopic (exact) mass is 221 g/mol. The first-order valence-corrected chi connectivity index (χ1v) is 5.59. The summed E-state index contributed by atoms with van der Waals surface area (Å²) in [5.41, 5.74) is 2.37. The fourth-order valence-electron chi connectivity index (χ4n) is 2.26. The number of benzene rings is 1. The van der Waals surface area contributed by atoms with Gasteiger partial charge in [0.1, 0.15) is 11.5 Å². The smallest absolute Gasteiger partial charge is 0.127 e. The molecule has 3 nitrogen and oxygen atoms in total. The SMILES string of the molecule is CNC1(c2c(OC)cc(C)cc2OC)CC1. The van der Waals surface area contributed by atoms with E-state index in [1.165, 1.54) is 0 Å². The molecule has 0 heterocycles. The Morgan fingerprint density at radius 1 is 1.12 bits per heavy atom. The molecule has 0 spiro atoms. The summed E-state index contributed by atoms with van der Waals surface area (Å²) in [5.74, 6) is 1.84. The topological polar surface area (TPSA) is 30.5 Å². The fraction of sp³-hybridized carbons (Fsp3) is 0.538. The van der Waals surface area contributed by atoms with Crippen molar-refractivity contribution in [1.29, 1.82) is 0 Å². The molecule has 0 unspecified atom stereocenters. The molecular formula is C13H19NO2. The van der Waals surface area contributed by atoms with Gasteiger partial charge in [0.2, 0.25) is 0 Å². The highest BCUT2D eigenvalue weighted by atomic mass is 16.5. The van der Waals surface area contributed by atoms with Crippen molar-refractivity contribution in [1.82, 2.24) is 5.32 Å². The Bertz CT molecular complexity index is 372. The van der Waals surface area contributed by atoms with E-state index < -0.39 is 0 Å². The zero-order chi connectivity index (χ0) is 11.8. The minimum absolute atomic E-state index is 0.0599. The molecule has 0 aliphatic heterocycles. The summed E-state index contributed by atoms with van der Waals surface area (Å²) in [6, 6.07) is 4.13. The number of hydrogen-bond donors (Lipinski definition) is 1. The number of hydrogen-bond acceptors (Lipinski definition) is 3. The van der Waals surface area contributed by atoms with Crippen LogP contribution in [0.5, 0.6) is 11.5 Å². The van der Waals surface area contributed by atoms with Crippen LogP contribution in [0.1, 0.15) is 24.0 Å². The Morgan fingerprint density at radius 2 is 1.62 bits per heavy atom. The minimum atomic E-state index is 0.0599. The van der Waals surface area contributed by atoms with E-state index in [0.29, 0.717) is 0 Å². The van der Waals surface area contributed by atoms with Gasteiger partial charge in [0.05, 0.1) is 25.3 Å². The lowest BCUT2D eigenvalue weighted by Crippen LogP contribution is -2.25. The zero-order valence-corrected chi connectivity index (χ0v) is 10.4. The van der Waals surface area contributed by atoms with Crippen molar-refractivity contribution < 1.29 is 9.47 Å². The van der Waals surface area contributed by atoms with Crippen LogP contribution >= 0.6 is 0 Å². The van der Waals surface area contributed by atoms with E-state index in [-0.39, 0.29) is 5.54 Å². The highest BCUT2D eigenvalue weighted by Gasteiger charge is 2.47. The predicted octanol–water partition coefficient (Wildman–Crippen LogP) is 2.22. The average molecular weight is 221 g/mol. The average Bonchev–Trinajstić information content (AvgIpc) is 3.08. The van der Waals surface area contributed by atoms with Gasteiger partial charge >= 0.3 is 0 Å². The van der Waals surface area contributed by atoms with Crippen molar-refractivity contribution in [3.8, 4) is 11.5 Å². The standard InChI is InChI=1S/C13H19NO2/c1-9-7-10(15-3)12(11(8-9)16-4)13(14-2)5-6-13/h7-8,14H,5-6H2,1-4H3. The molecule has 1 aromatic carbocycles. The molecule has 0 saturated heterocycles. The number of aryl methyl sites for hydroxylation is 1. The summed E-state index contributed by atoms with van der Waals surface area (Å²) in [5, 5.41) is 3.38. The van der Waals surface area contributed by atoms with Crippen molar-refractivity contribution in [2.75, 3.05) is 21.3 Å². The Kier molecular flexibility index (Phi) is 2.80. The maximum Gasteiger partial charge on any atom is 0.127 e. The van der Waals surface area contributed by atoms with Crippen molar-refractivity contribution in [2.24, 2.45) is 0 Å². The van der Waals surface area contributed by atoms with Crippen LogP contribution in [0.3, 0.4) is 0 Å². The lowest BCUT2D eigenvalue weighted by molar-refractivity contribution is 0.369. The molecule has 16 heavy (non-hydrogen) atoms. The van der Waals surface area contributed by atoms with Gasteiger partial charge in [-0.2, -0.15) is 0 Å². The highest BCUT2D eigenvalue weighted by Crippen LogP contribution is 2.52. The number of rotatable bonds is 4. The highest BCUT2D eigenvalue weighted by molar-refractivity contribution is 5.54. The molecule has 1 N–H and O–H groups in total. The van der Waals surface area contributed by atoms with E-state index in [0.717, 1.165) is 35.5 Å². The molecule has 0 amide bonds. The molecule has 1 aliphatic carbocycles. The second-order valence-electron chi connectivity index (χ2n) is 4.38. The quantitative estimate of drug-likeness (QED) is 0.845. The largest absolute Gasteiger partial charge is 0.496 e. The van der Waals surface area contributed by atoms with Crippen LogP contribution in [0, 0.1) is 6.92 Å². The molecule has 88 valence electrons. The van der Waals surface area contributed by atoms with Crippen LogP contribution in [-0.4, -0.2) is 21.3 Å². The number of methoxy groups -OCH3 is 2. The molecule has 1 aromatic rings. The Balaban J connectivity index is 2.56. The summed E-state index contributed by atoms with van der Waals surface area (Å²) in [6.45, 7) is 2.05. The van der Waals surface area contributed by atoms with E-state index in [1.807, 2.05) is 14.0 Å². The fourth-order valence-corrected chi connectivity index (χ4v) is 2.26. The van der Waals surface area contributed by atoms with E-state index >= 15 is 0 Å². The van der Waals surface area contributed by atoms with E-state index in [2.05, 4.69) is 17.4 Å². The van der Waals surface area contributed by atoms with Crippen LogP contribution in [0.4, 0.5) is 0 Å². The first kappa shape index (κ1) is 11.3. The summed E-state index contributed by atoms with van der Waals surface area (Å²) in [7, 11) is 5.42. The van der Waals surface area contributed by atoms with Crippen LogP contribution < -0.4 is 14.8 Å². The minimum Gasteiger partial charge on any atom is -0.496 e. The molecule has 0 aromatic heterocycles.